The molecule has 0 atom stereocenters. The molecule has 34 heavy (non-hydrogen) atoms. The minimum absolute atomic E-state index is 0.0496. The van der Waals surface area contributed by atoms with Gasteiger partial charge >= 0.3 is 5.97 Å². The fraction of sp³-hybridized carbons (Fsp3) is 0.440. The van der Waals surface area contributed by atoms with Crippen molar-refractivity contribution in [3.63, 3.8) is 0 Å². The molecule has 2 aromatic carbocycles. The van der Waals surface area contributed by atoms with E-state index in [0.29, 0.717) is 23.5 Å². The predicted octanol–water partition coefficient (Wildman–Crippen LogP) is 2.15. The van der Waals surface area contributed by atoms with Crippen LogP contribution in [-0.2, 0) is 9.53 Å². The average Bonchev–Trinajstić information content (AvgIpc) is 2.85. The molecule has 0 aromatic heterocycles. The molecule has 184 valence electrons. The number of nitrogens with zero attached hydrogens (tertiary/aromatic N) is 3. The fourth-order valence-corrected chi connectivity index (χ4v) is 3.99. The molecule has 1 fully saturated rings. The minimum atomic E-state index is -0.521. The molecule has 3 rings (SSSR count). The molecule has 0 saturated carbocycles. The molecule has 1 amide bonds. The van der Waals surface area contributed by atoms with Crippen LogP contribution in [0.15, 0.2) is 42.5 Å². The quantitative estimate of drug-likeness (QED) is 0.359. The number of hydrogen-bond acceptors (Lipinski definition) is 8. The van der Waals surface area contributed by atoms with E-state index in [2.05, 4.69) is 27.2 Å². The maximum atomic E-state index is 12.4. The highest BCUT2D eigenvalue weighted by Gasteiger charge is 2.21. The van der Waals surface area contributed by atoms with Gasteiger partial charge in [0.15, 0.2) is 0 Å². The highest BCUT2D eigenvalue weighted by molar-refractivity contribution is 5.92. The number of hydrogen-bond donors (Lipinski definition) is 3. The van der Waals surface area contributed by atoms with E-state index in [9.17, 15) is 9.59 Å². The summed E-state index contributed by atoms with van der Waals surface area (Å²) in [5.74, 6) is -0.331. The first-order chi connectivity index (χ1) is 16.4. The van der Waals surface area contributed by atoms with E-state index in [-0.39, 0.29) is 19.1 Å². The summed E-state index contributed by atoms with van der Waals surface area (Å²) in [4.78, 5) is 30.7. The summed E-state index contributed by atoms with van der Waals surface area (Å²) in [6.45, 7) is 9.09. The Kier molecular flexibility index (Phi) is 9.12. The second kappa shape index (κ2) is 12.2. The van der Waals surface area contributed by atoms with E-state index in [4.69, 9.17) is 15.6 Å². The topological polar surface area (TPSA) is 111 Å². The van der Waals surface area contributed by atoms with Gasteiger partial charge in [-0.25, -0.2) is 4.79 Å². The maximum Gasteiger partial charge on any atom is 0.338 e. The summed E-state index contributed by atoms with van der Waals surface area (Å²) >= 11 is 0. The predicted molar refractivity (Wildman–Crippen MR) is 135 cm³/mol. The van der Waals surface area contributed by atoms with Crippen molar-refractivity contribution in [2.45, 2.75) is 13.8 Å². The third kappa shape index (κ3) is 6.61. The van der Waals surface area contributed by atoms with E-state index in [1.807, 2.05) is 30.9 Å². The molecule has 0 spiro atoms. The zero-order valence-electron chi connectivity index (χ0n) is 20.0. The zero-order chi connectivity index (χ0) is 24.5. The molecule has 4 N–H and O–H groups in total. The second-order valence-electron chi connectivity index (χ2n) is 8.17. The zero-order valence-corrected chi connectivity index (χ0v) is 20.0. The van der Waals surface area contributed by atoms with Gasteiger partial charge in [-0.15, -0.1) is 0 Å². The lowest BCUT2D eigenvalue weighted by molar-refractivity contribution is -0.132. The van der Waals surface area contributed by atoms with Crippen molar-refractivity contribution in [1.82, 2.24) is 9.80 Å². The Morgan fingerprint density at radius 2 is 1.82 bits per heavy atom. The average molecular weight is 470 g/mol. The van der Waals surface area contributed by atoms with Crippen LogP contribution in [0.3, 0.4) is 0 Å². The van der Waals surface area contributed by atoms with Crippen LogP contribution in [0, 0.1) is 0 Å². The molecule has 9 nitrogen and oxygen atoms in total. The van der Waals surface area contributed by atoms with Crippen LogP contribution in [-0.4, -0.2) is 85.8 Å². The van der Waals surface area contributed by atoms with Crippen LogP contribution in [0.5, 0.6) is 0 Å². The summed E-state index contributed by atoms with van der Waals surface area (Å²) in [7, 11) is 0. The van der Waals surface area contributed by atoms with E-state index in [1.165, 1.54) is 0 Å². The molecule has 0 bridgehead atoms. The lowest BCUT2D eigenvalue weighted by Crippen LogP contribution is -2.50. The number of likely N-dealkylation sites (N-methyl/N-ethyl adjacent to an activating group) is 1. The van der Waals surface area contributed by atoms with Crippen LogP contribution in [0.1, 0.15) is 24.2 Å². The number of benzene rings is 2. The second-order valence-corrected chi connectivity index (χ2v) is 8.17. The van der Waals surface area contributed by atoms with Crippen molar-refractivity contribution in [3.05, 3.63) is 48.0 Å². The van der Waals surface area contributed by atoms with Crippen LogP contribution in [0.4, 0.5) is 22.7 Å². The lowest BCUT2D eigenvalue weighted by atomic mass is 10.1. The Bertz CT molecular complexity index is 972. The van der Waals surface area contributed by atoms with Crippen LogP contribution in [0.25, 0.3) is 0 Å². The number of ether oxygens (including phenoxy) is 1. The van der Waals surface area contributed by atoms with Crippen molar-refractivity contribution in [2.24, 2.45) is 0 Å². The Hall–Kier alpha value is -3.30. The first kappa shape index (κ1) is 25.3. The first-order valence-corrected chi connectivity index (χ1v) is 11.7. The molecule has 0 aliphatic carbocycles. The highest BCUT2D eigenvalue weighted by Crippen LogP contribution is 2.27. The monoisotopic (exact) mass is 469 g/mol. The number of nitrogens with two attached hydrogens (primary N) is 1. The fourth-order valence-electron chi connectivity index (χ4n) is 3.99. The van der Waals surface area contributed by atoms with Crippen molar-refractivity contribution in [3.8, 4) is 0 Å². The number of nitrogens with one attached hydrogen (secondary N) is 1. The number of amides is 1. The molecule has 2 aromatic rings. The van der Waals surface area contributed by atoms with Crippen molar-refractivity contribution < 1.29 is 19.4 Å². The molecule has 1 saturated heterocycles. The van der Waals surface area contributed by atoms with Crippen molar-refractivity contribution in [2.75, 3.05) is 75.0 Å². The maximum absolute atomic E-state index is 12.4. The largest absolute Gasteiger partial charge is 0.460 e. The van der Waals surface area contributed by atoms with Gasteiger partial charge in [-0.05, 0) is 50.2 Å². The molecule has 0 unspecified atom stereocenters. The first-order valence-electron chi connectivity index (χ1n) is 11.7. The Morgan fingerprint density at radius 1 is 1.09 bits per heavy atom. The third-order valence-electron chi connectivity index (χ3n) is 5.95. The van der Waals surface area contributed by atoms with Crippen molar-refractivity contribution >= 4 is 34.6 Å². The van der Waals surface area contributed by atoms with Gasteiger partial charge in [-0.2, -0.15) is 0 Å². The lowest BCUT2D eigenvalue weighted by Gasteiger charge is -2.36. The summed E-state index contributed by atoms with van der Waals surface area (Å²) in [6.07, 6.45) is 0. The van der Waals surface area contributed by atoms with Gasteiger partial charge in [-0.3, -0.25) is 9.69 Å². The number of esters is 1. The molecular formula is C25H35N5O4. The SMILES string of the molecule is CCN(CC)C(=O)CN1CCN(c2cccc(Nc3ccc(C(=O)OCCO)cc3N)c2)CC1. The van der Waals surface area contributed by atoms with Crippen molar-refractivity contribution in [1.29, 1.82) is 0 Å². The normalized spacial score (nSPS) is 14.0. The summed E-state index contributed by atoms with van der Waals surface area (Å²) in [5, 5.41) is 12.1. The van der Waals surface area contributed by atoms with Gasteiger partial charge in [0.2, 0.25) is 5.91 Å². The van der Waals surface area contributed by atoms with E-state index in [1.54, 1.807) is 18.2 Å². The van der Waals surface area contributed by atoms with Crippen LogP contribution in [0.2, 0.25) is 0 Å². The van der Waals surface area contributed by atoms with Crippen LogP contribution < -0.4 is 16.0 Å². The standard InChI is InChI=1S/C25H35N5O4/c1-3-29(4-2)24(32)18-28-10-12-30(13-11-28)21-7-5-6-20(17-21)27-23-9-8-19(16-22(23)26)25(33)34-15-14-31/h5-9,16-17,27,31H,3-4,10-15,18,26H2,1-2H3. The number of nitrogen functional groups attached to an aromatic ring is 1. The number of rotatable bonds is 10. The summed E-state index contributed by atoms with van der Waals surface area (Å²) in [5.41, 5.74) is 9.59. The molecule has 1 aliphatic heterocycles. The molecule has 1 heterocycles. The number of carbonyl (C=O) groups is 2. The van der Waals surface area contributed by atoms with E-state index >= 15 is 0 Å². The van der Waals surface area contributed by atoms with E-state index < -0.39 is 5.97 Å². The van der Waals surface area contributed by atoms with Gasteiger partial charge in [0.1, 0.15) is 6.61 Å². The van der Waals surface area contributed by atoms with Gasteiger partial charge < -0.3 is 30.7 Å². The Balaban J connectivity index is 1.58. The number of piperazine rings is 1. The van der Waals surface area contributed by atoms with Gasteiger partial charge in [0.05, 0.1) is 30.1 Å². The summed E-state index contributed by atoms with van der Waals surface area (Å²) in [6, 6.07) is 13.0. The smallest absolute Gasteiger partial charge is 0.338 e. The Morgan fingerprint density at radius 3 is 2.47 bits per heavy atom. The highest BCUT2D eigenvalue weighted by atomic mass is 16.5. The van der Waals surface area contributed by atoms with Crippen LogP contribution >= 0.6 is 0 Å². The molecule has 0 radical (unpaired) electrons. The van der Waals surface area contributed by atoms with E-state index in [0.717, 1.165) is 50.6 Å². The van der Waals surface area contributed by atoms with Gasteiger partial charge in [0, 0.05) is 50.6 Å². The minimum Gasteiger partial charge on any atom is -0.460 e. The number of carbonyl (C=O) groups excluding carboxylic acids is 2. The molecule has 9 heteroatoms. The number of aliphatic hydroxyl groups excluding tert-OH is 1. The Labute approximate surface area is 201 Å². The number of aliphatic hydroxyl groups is 1. The van der Waals surface area contributed by atoms with Gasteiger partial charge in [-0.1, -0.05) is 6.07 Å². The number of anilines is 4. The molecule has 1 aliphatic rings. The van der Waals surface area contributed by atoms with Gasteiger partial charge in [0.25, 0.3) is 0 Å². The molecular weight excluding hydrogens is 434 g/mol. The third-order valence-corrected chi connectivity index (χ3v) is 5.95. The summed E-state index contributed by atoms with van der Waals surface area (Å²) < 4.78 is 4.93.